The van der Waals surface area contributed by atoms with Crippen molar-refractivity contribution in [2.24, 2.45) is 0 Å². The molecule has 1 aromatic carbocycles. The lowest BCUT2D eigenvalue weighted by Gasteiger charge is -2.15. The largest absolute Gasteiger partial charge is 0.496 e. The van der Waals surface area contributed by atoms with E-state index >= 15 is 0 Å². The molecule has 4 nitrogen and oxygen atoms in total. The number of anilines is 1. The van der Waals surface area contributed by atoms with Gasteiger partial charge >= 0.3 is 0 Å². The van der Waals surface area contributed by atoms with Crippen molar-refractivity contribution in [2.75, 3.05) is 19.0 Å². The lowest BCUT2D eigenvalue weighted by Crippen LogP contribution is -2.13. The Morgan fingerprint density at radius 1 is 1.37 bits per heavy atom. The van der Waals surface area contributed by atoms with Gasteiger partial charge in [-0.3, -0.25) is 4.98 Å². The minimum Gasteiger partial charge on any atom is -0.496 e. The number of benzene rings is 1. The number of hydrogen-bond donors (Lipinski definition) is 2. The molecule has 0 spiro atoms. The van der Waals surface area contributed by atoms with Crippen LogP contribution < -0.4 is 10.1 Å². The molecule has 0 saturated heterocycles. The van der Waals surface area contributed by atoms with Crippen molar-refractivity contribution in [3.05, 3.63) is 52.8 Å². The fraction of sp³-hybridized carbons (Fsp3) is 0.214. The zero-order chi connectivity index (χ0) is 13.7. The van der Waals surface area contributed by atoms with Crippen LogP contribution in [0.25, 0.3) is 0 Å². The first-order valence-corrected chi connectivity index (χ1v) is 6.65. The van der Waals surface area contributed by atoms with E-state index in [4.69, 9.17) is 4.74 Å². The first-order valence-electron chi connectivity index (χ1n) is 5.86. The molecule has 1 atom stereocenters. The highest BCUT2D eigenvalue weighted by atomic mass is 79.9. The summed E-state index contributed by atoms with van der Waals surface area (Å²) >= 11 is 3.35. The van der Waals surface area contributed by atoms with E-state index in [2.05, 4.69) is 26.2 Å². The average molecular weight is 323 g/mol. The Kier molecular flexibility index (Phi) is 4.76. The molecule has 1 aromatic heterocycles. The third-order valence-electron chi connectivity index (χ3n) is 2.70. The van der Waals surface area contributed by atoms with Crippen LogP contribution in [0.3, 0.4) is 0 Å². The van der Waals surface area contributed by atoms with Gasteiger partial charge in [0.05, 0.1) is 25.1 Å². The van der Waals surface area contributed by atoms with Crippen LogP contribution >= 0.6 is 15.9 Å². The Hall–Kier alpha value is -1.59. The monoisotopic (exact) mass is 322 g/mol. The van der Waals surface area contributed by atoms with Gasteiger partial charge in [-0.2, -0.15) is 0 Å². The molecule has 19 heavy (non-hydrogen) atoms. The number of aliphatic hydroxyl groups is 1. The average Bonchev–Trinajstić information content (AvgIpc) is 2.45. The Bertz CT molecular complexity index is 548. The molecule has 0 aliphatic heterocycles. The lowest BCUT2D eigenvalue weighted by atomic mass is 10.1. The topological polar surface area (TPSA) is 54.4 Å². The van der Waals surface area contributed by atoms with Crippen LogP contribution in [-0.4, -0.2) is 23.7 Å². The fourth-order valence-corrected chi connectivity index (χ4v) is 2.14. The van der Waals surface area contributed by atoms with Crippen molar-refractivity contribution in [2.45, 2.75) is 6.10 Å². The van der Waals surface area contributed by atoms with E-state index in [1.807, 2.05) is 30.3 Å². The summed E-state index contributed by atoms with van der Waals surface area (Å²) in [5, 5.41) is 13.3. The van der Waals surface area contributed by atoms with Crippen LogP contribution in [0.4, 0.5) is 5.69 Å². The third kappa shape index (κ3) is 3.68. The molecule has 0 aliphatic carbocycles. The maximum atomic E-state index is 10.2. The number of para-hydroxylation sites is 1. The summed E-state index contributed by atoms with van der Waals surface area (Å²) in [6, 6.07) is 9.34. The highest BCUT2D eigenvalue weighted by molar-refractivity contribution is 9.10. The summed E-state index contributed by atoms with van der Waals surface area (Å²) in [4.78, 5) is 4.05. The minimum absolute atomic E-state index is 0.387. The molecule has 0 amide bonds. The van der Waals surface area contributed by atoms with Crippen LogP contribution in [0.15, 0.2) is 47.2 Å². The normalized spacial score (nSPS) is 11.9. The van der Waals surface area contributed by atoms with Gasteiger partial charge in [0.15, 0.2) is 0 Å². The summed E-state index contributed by atoms with van der Waals surface area (Å²) in [7, 11) is 1.59. The highest BCUT2D eigenvalue weighted by Gasteiger charge is 2.12. The van der Waals surface area contributed by atoms with Crippen molar-refractivity contribution >= 4 is 21.6 Å². The second kappa shape index (κ2) is 6.54. The van der Waals surface area contributed by atoms with Gasteiger partial charge in [0.2, 0.25) is 0 Å². The van der Waals surface area contributed by atoms with Gasteiger partial charge in [-0.1, -0.05) is 18.2 Å². The molecule has 2 aromatic rings. The summed E-state index contributed by atoms with van der Waals surface area (Å²) in [5.74, 6) is 0.684. The number of nitrogens with one attached hydrogen (secondary N) is 1. The molecular weight excluding hydrogens is 308 g/mol. The number of hydrogen-bond acceptors (Lipinski definition) is 4. The van der Waals surface area contributed by atoms with Gasteiger partial charge in [0.25, 0.3) is 0 Å². The quantitative estimate of drug-likeness (QED) is 0.888. The molecular formula is C14H15BrN2O2. The van der Waals surface area contributed by atoms with Crippen LogP contribution in [0, 0.1) is 0 Å². The van der Waals surface area contributed by atoms with Crippen molar-refractivity contribution < 1.29 is 9.84 Å². The maximum Gasteiger partial charge on any atom is 0.124 e. The van der Waals surface area contributed by atoms with Crippen LogP contribution in [0.5, 0.6) is 5.75 Å². The smallest absolute Gasteiger partial charge is 0.124 e. The van der Waals surface area contributed by atoms with Gasteiger partial charge in [-0.15, -0.1) is 0 Å². The lowest BCUT2D eigenvalue weighted by molar-refractivity contribution is 0.187. The zero-order valence-electron chi connectivity index (χ0n) is 10.5. The fourth-order valence-electron chi connectivity index (χ4n) is 1.77. The van der Waals surface area contributed by atoms with Gasteiger partial charge in [0, 0.05) is 22.8 Å². The van der Waals surface area contributed by atoms with E-state index in [1.165, 1.54) is 0 Å². The Morgan fingerprint density at radius 2 is 2.16 bits per heavy atom. The van der Waals surface area contributed by atoms with Crippen LogP contribution in [-0.2, 0) is 0 Å². The van der Waals surface area contributed by atoms with Crippen LogP contribution in [0.1, 0.15) is 11.7 Å². The Labute approximate surface area is 120 Å². The van der Waals surface area contributed by atoms with Crippen molar-refractivity contribution in [3.8, 4) is 5.75 Å². The number of rotatable bonds is 5. The molecule has 0 saturated carbocycles. The first-order chi connectivity index (χ1) is 9.20. The van der Waals surface area contributed by atoms with Crippen molar-refractivity contribution in [1.82, 2.24) is 4.98 Å². The highest BCUT2D eigenvalue weighted by Crippen LogP contribution is 2.25. The van der Waals surface area contributed by atoms with E-state index in [0.717, 1.165) is 15.7 Å². The van der Waals surface area contributed by atoms with Gasteiger partial charge in [-0.05, 0) is 28.1 Å². The van der Waals surface area contributed by atoms with Gasteiger partial charge in [-0.25, -0.2) is 0 Å². The molecule has 0 radical (unpaired) electrons. The van der Waals surface area contributed by atoms with E-state index in [-0.39, 0.29) is 0 Å². The molecule has 2 N–H and O–H groups in total. The summed E-state index contributed by atoms with van der Waals surface area (Å²) in [6.07, 6.45) is 2.77. The molecule has 1 unspecified atom stereocenters. The number of ether oxygens (including phenoxy) is 1. The van der Waals surface area contributed by atoms with E-state index < -0.39 is 6.10 Å². The summed E-state index contributed by atoms with van der Waals surface area (Å²) in [6.45, 7) is 0.387. The van der Waals surface area contributed by atoms with Gasteiger partial charge in [0.1, 0.15) is 5.75 Å². The number of aliphatic hydroxyl groups excluding tert-OH is 1. The SMILES string of the molecule is COc1ccccc1C(O)CNc1cncc(Br)c1. The number of aromatic nitrogens is 1. The molecule has 5 heteroatoms. The van der Waals surface area contributed by atoms with E-state index in [9.17, 15) is 5.11 Å². The van der Waals surface area contributed by atoms with E-state index in [1.54, 1.807) is 19.5 Å². The molecule has 0 aliphatic rings. The molecule has 0 fully saturated rings. The predicted octanol–water partition coefficient (Wildman–Crippen LogP) is 3.00. The number of halogens is 1. The van der Waals surface area contributed by atoms with Crippen LogP contribution in [0.2, 0.25) is 0 Å². The molecule has 2 rings (SSSR count). The third-order valence-corrected chi connectivity index (χ3v) is 3.14. The van der Waals surface area contributed by atoms with E-state index in [0.29, 0.717) is 12.3 Å². The number of pyridine rings is 1. The first kappa shape index (κ1) is 13.8. The molecule has 0 bridgehead atoms. The van der Waals surface area contributed by atoms with Crippen molar-refractivity contribution in [1.29, 1.82) is 0 Å². The summed E-state index contributed by atoms with van der Waals surface area (Å²) in [5.41, 5.74) is 1.61. The standard InChI is InChI=1S/C14H15BrN2O2/c1-19-14-5-3-2-4-12(14)13(18)9-17-11-6-10(15)7-16-8-11/h2-8,13,17-18H,9H2,1H3. The molecule has 100 valence electrons. The Morgan fingerprint density at radius 3 is 2.89 bits per heavy atom. The second-order valence-corrected chi connectivity index (χ2v) is 4.95. The number of methoxy groups -OCH3 is 1. The minimum atomic E-state index is -0.643. The number of nitrogens with zero attached hydrogens (tertiary/aromatic N) is 1. The maximum absolute atomic E-state index is 10.2. The molecule has 1 heterocycles. The van der Waals surface area contributed by atoms with Crippen molar-refractivity contribution in [3.63, 3.8) is 0 Å². The second-order valence-electron chi connectivity index (χ2n) is 4.03. The Balaban J connectivity index is 2.03. The zero-order valence-corrected chi connectivity index (χ0v) is 12.1. The predicted molar refractivity (Wildman–Crippen MR) is 78.4 cm³/mol. The summed E-state index contributed by atoms with van der Waals surface area (Å²) < 4.78 is 6.12. The van der Waals surface area contributed by atoms with Gasteiger partial charge < -0.3 is 15.2 Å².